The van der Waals surface area contributed by atoms with E-state index < -0.39 is 0 Å². The van der Waals surface area contributed by atoms with Gasteiger partial charge in [0.15, 0.2) is 0 Å². The zero-order valence-electron chi connectivity index (χ0n) is 9.04. The van der Waals surface area contributed by atoms with Crippen molar-refractivity contribution in [3.8, 4) is 0 Å². The molecule has 16 heavy (non-hydrogen) atoms. The molecule has 0 aliphatic rings. The van der Waals surface area contributed by atoms with Crippen molar-refractivity contribution in [2.24, 2.45) is 5.73 Å². The third-order valence-electron chi connectivity index (χ3n) is 2.41. The predicted octanol–water partition coefficient (Wildman–Crippen LogP) is 3.85. The molecule has 0 saturated heterocycles. The van der Waals surface area contributed by atoms with Gasteiger partial charge in [0.25, 0.3) is 0 Å². The molecule has 2 N–H and O–H groups in total. The van der Waals surface area contributed by atoms with E-state index in [1.54, 1.807) is 11.3 Å². The molecular weight excluding hydrogens is 214 g/mol. The van der Waals surface area contributed by atoms with Gasteiger partial charge < -0.3 is 5.73 Å². The molecule has 1 atom stereocenters. The van der Waals surface area contributed by atoms with E-state index in [2.05, 4.69) is 35.7 Å². The highest BCUT2D eigenvalue weighted by atomic mass is 32.1. The van der Waals surface area contributed by atoms with Gasteiger partial charge in [-0.2, -0.15) is 0 Å². The SMILES string of the molecule is NC(C/C=C/c1ccccc1)c1cccs1. The van der Waals surface area contributed by atoms with E-state index in [1.807, 2.05) is 24.3 Å². The molecule has 0 amide bonds. The van der Waals surface area contributed by atoms with Crippen LogP contribution in [0.1, 0.15) is 22.9 Å². The summed E-state index contributed by atoms with van der Waals surface area (Å²) in [5.74, 6) is 0. The predicted molar refractivity (Wildman–Crippen MR) is 71.3 cm³/mol. The van der Waals surface area contributed by atoms with Gasteiger partial charge in [0.1, 0.15) is 0 Å². The normalized spacial score (nSPS) is 13.1. The Morgan fingerprint density at radius 2 is 1.94 bits per heavy atom. The number of hydrogen-bond acceptors (Lipinski definition) is 2. The molecule has 0 bridgehead atoms. The van der Waals surface area contributed by atoms with Gasteiger partial charge in [0.2, 0.25) is 0 Å². The third-order valence-corrected chi connectivity index (χ3v) is 3.41. The molecule has 0 aliphatic heterocycles. The topological polar surface area (TPSA) is 26.0 Å². The van der Waals surface area contributed by atoms with Crippen LogP contribution in [0.25, 0.3) is 6.08 Å². The van der Waals surface area contributed by atoms with Crippen molar-refractivity contribution in [3.05, 3.63) is 64.4 Å². The minimum Gasteiger partial charge on any atom is -0.323 e. The number of nitrogens with two attached hydrogens (primary N) is 1. The molecule has 2 heteroatoms. The van der Waals surface area contributed by atoms with E-state index in [-0.39, 0.29) is 6.04 Å². The van der Waals surface area contributed by atoms with E-state index in [1.165, 1.54) is 10.4 Å². The maximum atomic E-state index is 6.06. The van der Waals surface area contributed by atoms with Crippen molar-refractivity contribution in [2.75, 3.05) is 0 Å². The monoisotopic (exact) mass is 229 g/mol. The molecule has 1 nitrogen and oxygen atoms in total. The first-order valence-electron chi connectivity index (χ1n) is 5.37. The van der Waals surface area contributed by atoms with E-state index in [0.717, 1.165) is 6.42 Å². The molecule has 0 fully saturated rings. The molecule has 0 saturated carbocycles. The molecule has 1 aromatic carbocycles. The summed E-state index contributed by atoms with van der Waals surface area (Å²) < 4.78 is 0. The number of thiophene rings is 1. The Kier molecular flexibility index (Phi) is 3.91. The van der Waals surface area contributed by atoms with Gasteiger partial charge >= 0.3 is 0 Å². The quantitative estimate of drug-likeness (QED) is 0.846. The van der Waals surface area contributed by atoms with E-state index in [4.69, 9.17) is 5.73 Å². The second kappa shape index (κ2) is 5.64. The molecule has 82 valence electrons. The molecule has 2 rings (SSSR count). The first kappa shape index (κ1) is 11.1. The van der Waals surface area contributed by atoms with E-state index in [9.17, 15) is 0 Å². The van der Waals surface area contributed by atoms with Crippen molar-refractivity contribution in [1.29, 1.82) is 0 Å². The lowest BCUT2D eigenvalue weighted by atomic mass is 10.1. The minimum absolute atomic E-state index is 0.125. The highest BCUT2D eigenvalue weighted by Gasteiger charge is 2.03. The molecular formula is C14H15NS. The summed E-state index contributed by atoms with van der Waals surface area (Å²) >= 11 is 1.72. The maximum Gasteiger partial charge on any atom is 0.0424 e. The van der Waals surface area contributed by atoms with E-state index in [0.29, 0.717) is 0 Å². The van der Waals surface area contributed by atoms with Crippen LogP contribution in [-0.4, -0.2) is 0 Å². The van der Waals surface area contributed by atoms with Gasteiger partial charge in [0, 0.05) is 10.9 Å². The van der Waals surface area contributed by atoms with Gasteiger partial charge in [0.05, 0.1) is 0 Å². The molecule has 2 aromatic rings. The fourth-order valence-electron chi connectivity index (χ4n) is 1.53. The number of benzene rings is 1. The van der Waals surface area contributed by atoms with Crippen molar-refractivity contribution < 1.29 is 0 Å². The van der Waals surface area contributed by atoms with Gasteiger partial charge in [-0.3, -0.25) is 0 Å². The minimum atomic E-state index is 0.125. The molecule has 1 aromatic heterocycles. The van der Waals surface area contributed by atoms with Crippen LogP contribution in [-0.2, 0) is 0 Å². The van der Waals surface area contributed by atoms with Crippen LogP contribution < -0.4 is 5.73 Å². The molecule has 0 aliphatic carbocycles. The zero-order chi connectivity index (χ0) is 11.2. The van der Waals surface area contributed by atoms with Gasteiger partial charge in [-0.05, 0) is 23.4 Å². The second-order valence-corrected chi connectivity index (χ2v) is 4.65. The Morgan fingerprint density at radius 1 is 1.12 bits per heavy atom. The lowest BCUT2D eigenvalue weighted by Crippen LogP contribution is -2.06. The molecule has 1 heterocycles. The van der Waals surface area contributed by atoms with Crippen LogP contribution in [0.5, 0.6) is 0 Å². The fraction of sp³-hybridized carbons (Fsp3) is 0.143. The number of hydrogen-bond donors (Lipinski definition) is 1. The van der Waals surface area contributed by atoms with Gasteiger partial charge in [-0.15, -0.1) is 11.3 Å². The lowest BCUT2D eigenvalue weighted by Gasteiger charge is -2.04. The maximum absolute atomic E-state index is 6.06. The Labute approximate surface area is 100 Å². The second-order valence-electron chi connectivity index (χ2n) is 3.67. The van der Waals surface area contributed by atoms with Crippen molar-refractivity contribution in [1.82, 2.24) is 0 Å². The summed E-state index contributed by atoms with van der Waals surface area (Å²) in [6.07, 6.45) is 5.14. The zero-order valence-corrected chi connectivity index (χ0v) is 9.86. The summed E-state index contributed by atoms with van der Waals surface area (Å²) in [5, 5.41) is 2.07. The Balaban J connectivity index is 1.90. The average Bonchev–Trinajstić information content (AvgIpc) is 2.84. The standard InChI is InChI=1S/C14H15NS/c15-13(14-10-5-11-16-14)9-4-8-12-6-2-1-3-7-12/h1-8,10-11,13H,9,15H2/b8-4+. The summed E-state index contributed by atoms with van der Waals surface area (Å²) in [6, 6.07) is 14.5. The summed E-state index contributed by atoms with van der Waals surface area (Å²) in [5.41, 5.74) is 7.29. The average molecular weight is 229 g/mol. The third kappa shape index (κ3) is 3.05. The van der Waals surface area contributed by atoms with Crippen LogP contribution in [0.3, 0.4) is 0 Å². The van der Waals surface area contributed by atoms with Crippen molar-refractivity contribution >= 4 is 17.4 Å². The van der Waals surface area contributed by atoms with Crippen molar-refractivity contribution in [3.63, 3.8) is 0 Å². The molecule has 0 radical (unpaired) electrons. The van der Waals surface area contributed by atoms with Gasteiger partial charge in [-0.25, -0.2) is 0 Å². The Bertz CT molecular complexity index is 431. The highest BCUT2D eigenvalue weighted by molar-refractivity contribution is 7.10. The van der Waals surface area contributed by atoms with Crippen LogP contribution in [0.15, 0.2) is 53.9 Å². The summed E-state index contributed by atoms with van der Waals surface area (Å²) in [6.45, 7) is 0. The van der Waals surface area contributed by atoms with E-state index >= 15 is 0 Å². The largest absolute Gasteiger partial charge is 0.323 e. The molecule has 1 unspecified atom stereocenters. The fourth-order valence-corrected chi connectivity index (χ4v) is 2.28. The Morgan fingerprint density at radius 3 is 2.62 bits per heavy atom. The highest BCUT2D eigenvalue weighted by Crippen LogP contribution is 2.20. The van der Waals surface area contributed by atoms with Gasteiger partial charge in [-0.1, -0.05) is 48.6 Å². The van der Waals surface area contributed by atoms with Crippen LogP contribution in [0, 0.1) is 0 Å². The first-order chi connectivity index (χ1) is 7.86. The lowest BCUT2D eigenvalue weighted by molar-refractivity contribution is 0.758. The first-order valence-corrected chi connectivity index (χ1v) is 6.25. The van der Waals surface area contributed by atoms with Crippen LogP contribution in [0.4, 0.5) is 0 Å². The van der Waals surface area contributed by atoms with Crippen LogP contribution >= 0.6 is 11.3 Å². The smallest absolute Gasteiger partial charge is 0.0424 e. The molecule has 0 spiro atoms. The Hall–Kier alpha value is -1.38. The van der Waals surface area contributed by atoms with Crippen molar-refractivity contribution in [2.45, 2.75) is 12.5 Å². The summed E-state index contributed by atoms with van der Waals surface area (Å²) in [7, 11) is 0. The number of rotatable bonds is 4. The van der Waals surface area contributed by atoms with Crippen LogP contribution in [0.2, 0.25) is 0 Å². The summed E-state index contributed by atoms with van der Waals surface area (Å²) in [4.78, 5) is 1.25.